The fourth-order valence-electron chi connectivity index (χ4n) is 2.67. The van der Waals surface area contributed by atoms with Gasteiger partial charge in [0.25, 0.3) is 11.1 Å². The predicted molar refractivity (Wildman–Crippen MR) is 96.5 cm³/mol. The van der Waals surface area contributed by atoms with E-state index in [1.807, 2.05) is 60.7 Å². The molecule has 0 spiro atoms. The van der Waals surface area contributed by atoms with E-state index in [1.54, 1.807) is 0 Å². The highest BCUT2D eigenvalue weighted by Gasteiger charge is 2.17. The second-order valence-corrected chi connectivity index (χ2v) is 6.31. The van der Waals surface area contributed by atoms with Gasteiger partial charge in [-0.3, -0.25) is 4.79 Å². The van der Waals surface area contributed by atoms with Gasteiger partial charge in [-0.2, -0.15) is 0 Å². The number of carbonyl (C=O) groups excluding carboxylic acids is 1. The van der Waals surface area contributed by atoms with E-state index in [0.717, 1.165) is 34.0 Å². The molecule has 0 aliphatic rings. The smallest absolute Gasteiger partial charge is 0.277 e. The summed E-state index contributed by atoms with van der Waals surface area (Å²) in [6.07, 6.45) is 0. The molecule has 0 aliphatic heterocycles. The van der Waals surface area contributed by atoms with E-state index in [1.165, 1.54) is 0 Å². The zero-order valence-electron chi connectivity index (χ0n) is 13.1. The van der Waals surface area contributed by atoms with Crippen molar-refractivity contribution < 1.29 is 9.21 Å². The van der Waals surface area contributed by atoms with E-state index in [0.29, 0.717) is 11.1 Å². The Morgan fingerprint density at radius 1 is 1.08 bits per heavy atom. The lowest BCUT2D eigenvalue weighted by molar-refractivity contribution is -0.115. The fraction of sp³-hybridized carbons (Fsp3) is 0.0556. The number of hydrogen-bond acceptors (Lipinski definition) is 5. The second-order valence-electron chi connectivity index (χ2n) is 5.39. The van der Waals surface area contributed by atoms with Gasteiger partial charge < -0.3 is 14.7 Å². The van der Waals surface area contributed by atoms with Gasteiger partial charge in [-0.25, -0.2) is 0 Å². The number of benzene rings is 2. The molecule has 0 bridgehead atoms. The number of carbonyl (C=O) groups is 1. The summed E-state index contributed by atoms with van der Waals surface area (Å²) < 4.78 is 7.80. The first kappa shape index (κ1) is 15.5. The lowest BCUT2D eigenvalue weighted by Gasteiger charge is -2.08. The normalized spacial score (nSPS) is 11.0. The van der Waals surface area contributed by atoms with E-state index in [4.69, 9.17) is 10.2 Å². The van der Waals surface area contributed by atoms with Gasteiger partial charge in [0.05, 0.1) is 11.3 Å². The first-order valence-electron chi connectivity index (χ1n) is 7.63. The maximum Gasteiger partial charge on any atom is 0.277 e. The number of amides is 1. The lowest BCUT2D eigenvalue weighted by atomic mass is 10.2. The van der Waals surface area contributed by atoms with E-state index < -0.39 is 5.91 Å². The summed E-state index contributed by atoms with van der Waals surface area (Å²) in [4.78, 5) is 10.9. The van der Waals surface area contributed by atoms with Crippen LogP contribution in [-0.4, -0.2) is 26.4 Å². The first-order valence-corrected chi connectivity index (χ1v) is 8.62. The summed E-state index contributed by atoms with van der Waals surface area (Å²) >= 11 is 1.13. The average molecular weight is 350 g/mol. The number of aromatic nitrogens is 3. The maximum absolute atomic E-state index is 10.9. The van der Waals surface area contributed by atoms with E-state index in [2.05, 4.69) is 14.8 Å². The molecule has 1 amide bonds. The third-order valence-electron chi connectivity index (χ3n) is 3.69. The molecule has 0 atom stereocenters. The van der Waals surface area contributed by atoms with Crippen LogP contribution in [0.25, 0.3) is 28.2 Å². The quantitative estimate of drug-likeness (QED) is 0.558. The minimum atomic E-state index is -0.428. The van der Waals surface area contributed by atoms with Crippen molar-refractivity contribution in [2.24, 2.45) is 5.73 Å². The molecular weight excluding hydrogens is 336 g/mol. The summed E-state index contributed by atoms with van der Waals surface area (Å²) in [5.74, 6) is 0.0683. The van der Waals surface area contributed by atoms with E-state index in [9.17, 15) is 4.79 Å². The van der Waals surface area contributed by atoms with Crippen molar-refractivity contribution in [3.8, 4) is 17.3 Å². The highest BCUT2D eigenvalue weighted by molar-refractivity contribution is 7.99. The van der Waals surface area contributed by atoms with Crippen molar-refractivity contribution in [1.82, 2.24) is 14.8 Å². The molecule has 4 aromatic rings. The largest absolute Gasteiger partial charge is 0.410 e. The molecule has 4 rings (SSSR count). The summed E-state index contributed by atoms with van der Waals surface area (Å²) in [5.41, 5.74) is 8.00. The van der Waals surface area contributed by atoms with Crippen LogP contribution in [0.3, 0.4) is 0 Å². The number of thioether (sulfide) groups is 1. The van der Waals surface area contributed by atoms with Crippen molar-refractivity contribution in [2.75, 3.05) is 5.75 Å². The zero-order valence-corrected chi connectivity index (χ0v) is 13.9. The topological polar surface area (TPSA) is 86.9 Å². The molecular formula is C18H14N4O2S. The third-order valence-corrected chi connectivity index (χ3v) is 4.53. The van der Waals surface area contributed by atoms with E-state index >= 15 is 0 Å². The molecule has 0 unspecified atom stereocenters. The summed E-state index contributed by atoms with van der Waals surface area (Å²) in [7, 11) is 0. The number of rotatable bonds is 5. The van der Waals surface area contributed by atoms with Crippen molar-refractivity contribution in [1.29, 1.82) is 0 Å². The average Bonchev–Trinajstić information content (AvgIpc) is 3.25. The first-order chi connectivity index (χ1) is 12.2. The fourth-order valence-corrected chi connectivity index (χ4v) is 3.17. The van der Waals surface area contributed by atoms with Crippen LogP contribution in [-0.2, 0) is 4.79 Å². The minimum Gasteiger partial charge on any atom is -0.410 e. The molecule has 0 radical (unpaired) electrons. The monoisotopic (exact) mass is 350 g/mol. The molecule has 6 nitrogen and oxygen atoms in total. The molecule has 2 N–H and O–H groups in total. The molecule has 124 valence electrons. The van der Waals surface area contributed by atoms with Gasteiger partial charge in [0, 0.05) is 11.1 Å². The standard InChI is InChI=1S/C18H14N4O2S/c19-16(23)11-25-18-21-20-17(24-18)15-10-12-6-4-5-9-14(12)22(15)13-7-2-1-3-8-13/h1-10H,11H2,(H2,19,23). The Morgan fingerprint density at radius 3 is 2.64 bits per heavy atom. The molecule has 2 aromatic carbocycles. The molecule has 0 fully saturated rings. The Balaban J connectivity index is 1.83. The van der Waals surface area contributed by atoms with Gasteiger partial charge >= 0.3 is 0 Å². The Morgan fingerprint density at radius 2 is 1.84 bits per heavy atom. The van der Waals surface area contributed by atoms with Gasteiger partial charge in [0.15, 0.2) is 0 Å². The Kier molecular flexibility index (Phi) is 3.99. The predicted octanol–water partition coefficient (Wildman–Crippen LogP) is 3.26. The maximum atomic E-state index is 10.9. The van der Waals surface area contributed by atoms with Gasteiger partial charge in [-0.1, -0.05) is 48.2 Å². The van der Waals surface area contributed by atoms with Crippen LogP contribution >= 0.6 is 11.8 Å². The van der Waals surface area contributed by atoms with Crippen LogP contribution in [0.2, 0.25) is 0 Å². The number of primary amides is 1. The van der Waals surface area contributed by atoms with Crippen molar-refractivity contribution in [2.45, 2.75) is 5.22 Å². The van der Waals surface area contributed by atoms with Crippen LogP contribution in [0.4, 0.5) is 0 Å². The van der Waals surface area contributed by atoms with Crippen LogP contribution in [0.1, 0.15) is 0 Å². The van der Waals surface area contributed by atoms with E-state index in [-0.39, 0.29) is 5.75 Å². The van der Waals surface area contributed by atoms with Crippen molar-refractivity contribution in [3.05, 3.63) is 60.7 Å². The summed E-state index contributed by atoms with van der Waals surface area (Å²) in [6, 6.07) is 20.1. The number of nitrogens with two attached hydrogens (primary N) is 1. The molecule has 25 heavy (non-hydrogen) atoms. The SMILES string of the molecule is NC(=O)CSc1nnc(-c2cc3ccccc3n2-c2ccccc2)o1. The van der Waals surface area contributed by atoms with Gasteiger partial charge in [0.2, 0.25) is 5.91 Å². The van der Waals surface area contributed by atoms with Crippen molar-refractivity contribution in [3.63, 3.8) is 0 Å². The second kappa shape index (κ2) is 6.45. The molecule has 0 saturated heterocycles. The third kappa shape index (κ3) is 3.01. The zero-order chi connectivity index (χ0) is 17.2. The number of nitrogens with zero attached hydrogens (tertiary/aromatic N) is 3. The Hall–Kier alpha value is -3.06. The number of hydrogen-bond donors (Lipinski definition) is 1. The van der Waals surface area contributed by atoms with Crippen LogP contribution in [0, 0.1) is 0 Å². The number of para-hydroxylation sites is 2. The summed E-state index contributed by atoms with van der Waals surface area (Å²) in [6.45, 7) is 0. The van der Waals surface area contributed by atoms with Crippen LogP contribution < -0.4 is 5.73 Å². The van der Waals surface area contributed by atoms with Gasteiger partial charge in [0.1, 0.15) is 5.69 Å². The van der Waals surface area contributed by atoms with Crippen LogP contribution in [0.15, 0.2) is 70.3 Å². The van der Waals surface area contributed by atoms with Crippen LogP contribution in [0.5, 0.6) is 0 Å². The summed E-state index contributed by atoms with van der Waals surface area (Å²) in [5, 5.41) is 9.52. The highest BCUT2D eigenvalue weighted by Crippen LogP contribution is 2.32. The van der Waals surface area contributed by atoms with Crippen molar-refractivity contribution >= 4 is 28.6 Å². The Labute approximate surface area is 147 Å². The molecule has 2 aromatic heterocycles. The molecule has 2 heterocycles. The molecule has 0 saturated carbocycles. The number of fused-ring (bicyclic) bond motifs is 1. The van der Waals surface area contributed by atoms with Gasteiger partial charge in [-0.05, 0) is 24.3 Å². The lowest BCUT2D eigenvalue weighted by Crippen LogP contribution is -2.12. The minimum absolute atomic E-state index is 0.101. The highest BCUT2D eigenvalue weighted by atomic mass is 32.2. The Bertz CT molecular complexity index is 1040. The molecule has 0 aliphatic carbocycles. The van der Waals surface area contributed by atoms with Gasteiger partial charge in [-0.15, -0.1) is 10.2 Å². The molecule has 7 heteroatoms.